The first-order valence-electron chi connectivity index (χ1n) is 10.5. The van der Waals surface area contributed by atoms with Crippen LogP contribution in [0.15, 0.2) is 52.1 Å². The molecule has 160 valence electrons. The molecule has 0 atom stereocenters. The summed E-state index contributed by atoms with van der Waals surface area (Å²) in [6.45, 7) is 2.34. The van der Waals surface area contributed by atoms with Crippen molar-refractivity contribution in [2.45, 2.75) is 45.7 Å². The van der Waals surface area contributed by atoms with E-state index in [9.17, 15) is 14.4 Å². The summed E-state index contributed by atoms with van der Waals surface area (Å²) in [5.74, 6) is -0.346. The van der Waals surface area contributed by atoms with E-state index in [0.717, 1.165) is 52.7 Å². The van der Waals surface area contributed by atoms with E-state index in [1.54, 1.807) is 12.1 Å². The molecule has 0 radical (unpaired) electrons. The molecule has 2 heterocycles. The number of amides is 1. The summed E-state index contributed by atoms with van der Waals surface area (Å²) in [7, 11) is 0. The molecule has 0 bridgehead atoms. The molecular formula is C23H25N5O3. The highest BCUT2D eigenvalue weighted by molar-refractivity contribution is 5.75. The predicted octanol–water partition coefficient (Wildman–Crippen LogP) is 1.47. The fourth-order valence-electron chi connectivity index (χ4n) is 3.69. The first-order valence-corrected chi connectivity index (χ1v) is 10.5. The van der Waals surface area contributed by atoms with Gasteiger partial charge < -0.3 is 5.32 Å². The van der Waals surface area contributed by atoms with E-state index < -0.39 is 0 Å². The van der Waals surface area contributed by atoms with E-state index in [-0.39, 0.29) is 36.7 Å². The average Bonchev–Trinajstić information content (AvgIpc) is 2.76. The second kappa shape index (κ2) is 9.07. The highest BCUT2D eigenvalue weighted by atomic mass is 16.2. The van der Waals surface area contributed by atoms with Crippen molar-refractivity contribution < 1.29 is 4.79 Å². The molecular weight excluding hydrogens is 394 g/mol. The summed E-state index contributed by atoms with van der Waals surface area (Å²) >= 11 is 0. The van der Waals surface area contributed by atoms with Gasteiger partial charge in [-0.15, -0.1) is 0 Å². The molecule has 0 saturated heterocycles. The third-order valence-electron chi connectivity index (χ3n) is 5.43. The highest BCUT2D eigenvalue weighted by Gasteiger charge is 2.13. The molecule has 0 fully saturated rings. The van der Waals surface area contributed by atoms with Gasteiger partial charge in [0.2, 0.25) is 5.91 Å². The summed E-state index contributed by atoms with van der Waals surface area (Å²) in [5, 5.41) is 11.5. The molecule has 0 aliphatic heterocycles. The number of carbonyl (C=O) groups is 1. The zero-order valence-corrected chi connectivity index (χ0v) is 17.5. The van der Waals surface area contributed by atoms with Crippen LogP contribution in [-0.4, -0.2) is 32.0 Å². The standard InChI is InChI=1S/C23H25N5O3/c1-16-6-8-17(9-7-16)20-10-11-22(30)28(26-20)15-21(29)24-12-13-27-23(31)14-18-4-2-3-5-19(18)25-27/h6-11,14H,2-5,12-13,15H2,1H3,(H,24,29). The SMILES string of the molecule is Cc1ccc(-c2ccc(=O)n(CC(=O)NCCn3nc4c(cc3=O)CCCC4)n2)cc1. The molecule has 1 N–H and O–H groups in total. The van der Waals surface area contributed by atoms with E-state index in [0.29, 0.717) is 5.69 Å². The number of rotatable bonds is 6. The van der Waals surface area contributed by atoms with E-state index in [2.05, 4.69) is 15.5 Å². The Hall–Kier alpha value is -3.55. The Balaban J connectivity index is 1.38. The third-order valence-corrected chi connectivity index (χ3v) is 5.43. The van der Waals surface area contributed by atoms with E-state index in [4.69, 9.17) is 0 Å². The van der Waals surface area contributed by atoms with Gasteiger partial charge in [0.25, 0.3) is 11.1 Å². The highest BCUT2D eigenvalue weighted by Crippen LogP contribution is 2.17. The summed E-state index contributed by atoms with van der Waals surface area (Å²) in [6, 6.07) is 12.5. The van der Waals surface area contributed by atoms with E-state index in [1.807, 2.05) is 31.2 Å². The monoisotopic (exact) mass is 419 g/mol. The second-order valence-electron chi connectivity index (χ2n) is 7.82. The molecule has 1 amide bonds. The number of carbonyl (C=O) groups excluding carboxylic acids is 1. The van der Waals surface area contributed by atoms with Crippen molar-refractivity contribution in [3.05, 3.63) is 80.0 Å². The Bertz CT molecular complexity index is 1210. The zero-order chi connectivity index (χ0) is 21.8. The van der Waals surface area contributed by atoms with Crippen LogP contribution in [0.5, 0.6) is 0 Å². The summed E-state index contributed by atoms with van der Waals surface area (Å²) in [4.78, 5) is 36.7. The minimum atomic E-state index is -0.349. The maximum absolute atomic E-state index is 12.3. The van der Waals surface area contributed by atoms with Crippen molar-refractivity contribution in [1.82, 2.24) is 24.9 Å². The van der Waals surface area contributed by atoms with Crippen molar-refractivity contribution in [2.75, 3.05) is 6.54 Å². The number of aryl methyl sites for hydroxylation is 3. The lowest BCUT2D eigenvalue weighted by atomic mass is 9.97. The minimum Gasteiger partial charge on any atom is -0.353 e. The lowest BCUT2D eigenvalue weighted by Gasteiger charge is -2.16. The lowest BCUT2D eigenvalue weighted by Crippen LogP contribution is -2.37. The zero-order valence-electron chi connectivity index (χ0n) is 17.5. The smallest absolute Gasteiger partial charge is 0.267 e. The summed E-state index contributed by atoms with van der Waals surface area (Å²) < 4.78 is 2.54. The number of nitrogens with zero attached hydrogens (tertiary/aromatic N) is 4. The number of aromatic nitrogens is 4. The molecule has 0 spiro atoms. The van der Waals surface area contributed by atoms with Crippen LogP contribution in [0.25, 0.3) is 11.3 Å². The van der Waals surface area contributed by atoms with Gasteiger partial charge in [0.05, 0.1) is 17.9 Å². The van der Waals surface area contributed by atoms with Gasteiger partial charge in [-0.3, -0.25) is 14.4 Å². The first-order chi connectivity index (χ1) is 15.0. The molecule has 0 unspecified atom stereocenters. The number of hydrogen-bond acceptors (Lipinski definition) is 5. The van der Waals surface area contributed by atoms with E-state index in [1.165, 1.54) is 10.7 Å². The maximum atomic E-state index is 12.3. The molecule has 1 aliphatic carbocycles. The van der Waals surface area contributed by atoms with Crippen molar-refractivity contribution >= 4 is 5.91 Å². The van der Waals surface area contributed by atoms with Gasteiger partial charge in [0.15, 0.2) is 0 Å². The molecule has 1 aromatic carbocycles. The predicted molar refractivity (Wildman–Crippen MR) is 117 cm³/mol. The topological polar surface area (TPSA) is 98.9 Å². The van der Waals surface area contributed by atoms with Gasteiger partial charge in [0, 0.05) is 24.2 Å². The Kier molecular flexibility index (Phi) is 6.06. The van der Waals surface area contributed by atoms with Crippen LogP contribution in [0.4, 0.5) is 0 Å². The number of fused-ring (bicyclic) bond motifs is 1. The van der Waals surface area contributed by atoms with Crippen LogP contribution < -0.4 is 16.4 Å². The minimum absolute atomic E-state index is 0.154. The third kappa shape index (κ3) is 4.96. The Morgan fingerprint density at radius 3 is 2.55 bits per heavy atom. The summed E-state index contributed by atoms with van der Waals surface area (Å²) in [5.41, 5.74) is 4.13. The molecule has 4 rings (SSSR count). The number of hydrogen-bond donors (Lipinski definition) is 1. The Labute approximate surface area is 179 Å². The quantitative estimate of drug-likeness (QED) is 0.652. The first kappa shape index (κ1) is 20.7. The van der Waals surface area contributed by atoms with Gasteiger partial charge in [0.1, 0.15) is 6.54 Å². The number of benzene rings is 1. The van der Waals surface area contributed by atoms with Crippen LogP contribution in [0.2, 0.25) is 0 Å². The van der Waals surface area contributed by atoms with Gasteiger partial charge in [-0.1, -0.05) is 29.8 Å². The van der Waals surface area contributed by atoms with Gasteiger partial charge in [-0.25, -0.2) is 9.36 Å². The molecule has 2 aromatic heterocycles. The molecule has 0 saturated carbocycles. The maximum Gasteiger partial charge on any atom is 0.267 e. The van der Waals surface area contributed by atoms with Crippen LogP contribution in [0.3, 0.4) is 0 Å². The Morgan fingerprint density at radius 2 is 1.74 bits per heavy atom. The second-order valence-corrected chi connectivity index (χ2v) is 7.82. The van der Waals surface area contributed by atoms with Crippen molar-refractivity contribution in [3.63, 3.8) is 0 Å². The fraction of sp³-hybridized carbons (Fsp3) is 0.348. The van der Waals surface area contributed by atoms with Crippen molar-refractivity contribution in [2.24, 2.45) is 0 Å². The summed E-state index contributed by atoms with van der Waals surface area (Å²) in [6.07, 6.45) is 3.96. The molecule has 8 heteroatoms. The van der Waals surface area contributed by atoms with Crippen LogP contribution >= 0.6 is 0 Å². The van der Waals surface area contributed by atoms with E-state index >= 15 is 0 Å². The largest absolute Gasteiger partial charge is 0.353 e. The van der Waals surface area contributed by atoms with Gasteiger partial charge in [-0.05, 0) is 44.2 Å². The molecule has 1 aliphatic rings. The van der Waals surface area contributed by atoms with Crippen LogP contribution in [0.1, 0.15) is 29.7 Å². The Morgan fingerprint density at radius 1 is 0.968 bits per heavy atom. The van der Waals surface area contributed by atoms with Gasteiger partial charge >= 0.3 is 0 Å². The fourth-order valence-corrected chi connectivity index (χ4v) is 3.69. The van der Waals surface area contributed by atoms with Crippen LogP contribution in [0, 0.1) is 6.92 Å². The van der Waals surface area contributed by atoms with Crippen LogP contribution in [-0.2, 0) is 30.7 Å². The normalized spacial score (nSPS) is 12.9. The van der Waals surface area contributed by atoms with Gasteiger partial charge in [-0.2, -0.15) is 10.2 Å². The lowest BCUT2D eigenvalue weighted by molar-refractivity contribution is -0.121. The average molecular weight is 419 g/mol. The molecule has 31 heavy (non-hydrogen) atoms. The number of nitrogens with one attached hydrogen (secondary N) is 1. The van der Waals surface area contributed by atoms with Crippen molar-refractivity contribution in [3.8, 4) is 11.3 Å². The molecule has 3 aromatic rings. The van der Waals surface area contributed by atoms with Crippen molar-refractivity contribution in [1.29, 1.82) is 0 Å². The molecule has 8 nitrogen and oxygen atoms in total.